The maximum Gasteiger partial charge on any atom is 0.369 e. The van der Waals surface area contributed by atoms with Crippen molar-refractivity contribution in [1.82, 2.24) is 0 Å². The van der Waals surface area contributed by atoms with Gasteiger partial charge < -0.3 is 0 Å². The third-order valence-electron chi connectivity index (χ3n) is 1.53. The van der Waals surface area contributed by atoms with Crippen molar-refractivity contribution in [2.45, 2.75) is 17.0 Å². The van der Waals surface area contributed by atoms with Gasteiger partial charge in [-0.05, 0) is 0 Å². The Bertz CT molecular complexity index is 255. The fourth-order valence-electron chi connectivity index (χ4n) is 0.749. The third-order valence-corrected chi connectivity index (χ3v) is 2.34. The van der Waals surface area contributed by atoms with Gasteiger partial charge in [0.2, 0.25) is 0 Å². The first-order chi connectivity index (χ1) is 5.57. The van der Waals surface area contributed by atoms with Crippen LogP contribution in [-0.2, 0) is 0 Å². The van der Waals surface area contributed by atoms with Crippen LogP contribution in [0.4, 0.5) is 26.3 Å². The molecule has 13 heavy (non-hydrogen) atoms. The van der Waals surface area contributed by atoms with E-state index in [9.17, 15) is 26.3 Å². The molecule has 0 saturated carbocycles. The van der Waals surface area contributed by atoms with Gasteiger partial charge >= 0.3 is 17.0 Å². The molecule has 0 fully saturated rings. The lowest BCUT2D eigenvalue weighted by Crippen LogP contribution is -2.48. The molecule has 1 atom stereocenters. The van der Waals surface area contributed by atoms with Gasteiger partial charge in [-0.15, -0.1) is 0 Å². The summed E-state index contributed by atoms with van der Waals surface area (Å²) in [5, 5.41) is -6.77. The molecule has 0 amide bonds. The van der Waals surface area contributed by atoms with Gasteiger partial charge in [0, 0.05) is 0 Å². The number of hydrogen-bond donors (Lipinski definition) is 0. The fraction of sp³-hybridized carbons (Fsp3) is 0.600. The van der Waals surface area contributed by atoms with Crippen molar-refractivity contribution < 1.29 is 26.3 Å². The molecule has 0 bridgehead atoms. The number of hydrogen-bond acceptors (Lipinski definition) is 0. The zero-order chi connectivity index (χ0) is 10.7. The molecule has 1 unspecified atom stereocenters. The molecule has 8 heteroatoms. The van der Waals surface area contributed by atoms with Crippen LogP contribution < -0.4 is 0 Å². The fourth-order valence-corrected chi connectivity index (χ4v) is 1.26. The van der Waals surface area contributed by atoms with Crippen LogP contribution in [0.15, 0.2) is 10.9 Å². The molecule has 0 N–H and O–H groups in total. The van der Waals surface area contributed by atoms with Crippen molar-refractivity contribution >= 4 is 23.2 Å². The molecule has 1 aliphatic carbocycles. The van der Waals surface area contributed by atoms with Crippen LogP contribution in [0.5, 0.6) is 0 Å². The number of allylic oxidation sites excluding steroid dienone is 2. The summed E-state index contributed by atoms with van der Waals surface area (Å²) in [6.07, 6.45) is 0. The molecule has 0 nitrogen and oxygen atoms in total. The largest absolute Gasteiger partial charge is 0.369 e. The van der Waals surface area contributed by atoms with E-state index in [0.29, 0.717) is 0 Å². The van der Waals surface area contributed by atoms with E-state index in [-0.39, 0.29) is 0 Å². The molecular weight excluding hydrogens is 245 g/mol. The number of alkyl halides is 6. The van der Waals surface area contributed by atoms with E-state index < -0.39 is 27.8 Å². The first kappa shape index (κ1) is 11.0. The summed E-state index contributed by atoms with van der Waals surface area (Å²) >= 11 is 8.75. The lowest BCUT2D eigenvalue weighted by molar-refractivity contribution is -0.207. The van der Waals surface area contributed by atoms with E-state index in [2.05, 4.69) is 23.2 Å². The van der Waals surface area contributed by atoms with Crippen LogP contribution in [0, 0.1) is 0 Å². The smallest absolute Gasteiger partial charge is 0.211 e. The number of halogens is 8. The summed E-state index contributed by atoms with van der Waals surface area (Å²) in [5.41, 5.74) is 0. The first-order valence-electron chi connectivity index (χ1n) is 2.76. The molecule has 0 aromatic heterocycles. The van der Waals surface area contributed by atoms with Gasteiger partial charge in [-0.25, -0.2) is 8.78 Å². The Balaban J connectivity index is 3.39. The van der Waals surface area contributed by atoms with Crippen molar-refractivity contribution in [2.24, 2.45) is 0 Å². The molecule has 0 aromatic rings. The van der Waals surface area contributed by atoms with Gasteiger partial charge in [0.25, 0.3) is 0 Å². The second-order valence-electron chi connectivity index (χ2n) is 2.35. The number of rotatable bonds is 0. The molecule has 0 aliphatic heterocycles. The second-order valence-corrected chi connectivity index (χ2v) is 3.25. The predicted molar refractivity (Wildman–Crippen MR) is 33.6 cm³/mol. The van der Waals surface area contributed by atoms with Crippen molar-refractivity contribution in [1.29, 1.82) is 0 Å². The zero-order valence-corrected chi connectivity index (χ0v) is 7.04. The average molecular weight is 245 g/mol. The Morgan fingerprint density at radius 1 is 1.00 bits per heavy atom. The van der Waals surface area contributed by atoms with Crippen LogP contribution in [0.25, 0.3) is 0 Å². The third kappa shape index (κ3) is 1.01. The summed E-state index contributed by atoms with van der Waals surface area (Å²) < 4.78 is 74.4. The van der Waals surface area contributed by atoms with E-state index in [0.717, 1.165) is 0 Å². The van der Waals surface area contributed by atoms with E-state index in [1.807, 2.05) is 0 Å². The van der Waals surface area contributed by atoms with Gasteiger partial charge in [0.1, 0.15) is 5.03 Å². The van der Waals surface area contributed by atoms with Gasteiger partial charge in [0.05, 0.1) is 0 Å². The summed E-state index contributed by atoms with van der Waals surface area (Å²) in [5.74, 6) is -13.1. The van der Waals surface area contributed by atoms with Crippen LogP contribution in [0.3, 0.4) is 0 Å². The monoisotopic (exact) mass is 244 g/mol. The highest BCUT2D eigenvalue weighted by Gasteiger charge is 2.79. The van der Waals surface area contributed by atoms with Gasteiger partial charge in [-0.1, -0.05) is 23.2 Å². The van der Waals surface area contributed by atoms with Gasteiger partial charge in [-0.3, -0.25) is 0 Å². The molecule has 1 rings (SSSR count). The average Bonchev–Trinajstić information content (AvgIpc) is 2.05. The van der Waals surface area contributed by atoms with Crippen molar-refractivity contribution in [3.63, 3.8) is 0 Å². The standard InChI is InChI=1S/C5Cl2F6/c6-1-2(8)3(7,9)5(12,13)4(1,10)11. The highest BCUT2D eigenvalue weighted by Crippen LogP contribution is 2.61. The van der Waals surface area contributed by atoms with Gasteiger partial charge in [0.15, 0.2) is 5.83 Å². The van der Waals surface area contributed by atoms with Crippen LogP contribution in [-0.4, -0.2) is 17.0 Å². The van der Waals surface area contributed by atoms with Crippen molar-refractivity contribution in [2.75, 3.05) is 0 Å². The molecule has 0 heterocycles. The highest BCUT2D eigenvalue weighted by molar-refractivity contribution is 6.34. The molecule has 0 spiro atoms. The Labute approximate surface area is 78.1 Å². The van der Waals surface area contributed by atoms with Crippen LogP contribution in [0.2, 0.25) is 0 Å². The minimum Gasteiger partial charge on any atom is -0.211 e. The Kier molecular flexibility index (Phi) is 2.09. The predicted octanol–water partition coefficient (Wildman–Crippen LogP) is 3.60. The highest BCUT2D eigenvalue weighted by atomic mass is 35.5. The summed E-state index contributed by atoms with van der Waals surface area (Å²) in [6.45, 7) is 0. The van der Waals surface area contributed by atoms with E-state index in [4.69, 9.17) is 0 Å². The Hall–Kier alpha value is -0.100. The SMILES string of the molecule is FC1=C(Cl)C(F)(F)C(F)(F)C1(F)Cl. The van der Waals surface area contributed by atoms with E-state index >= 15 is 0 Å². The van der Waals surface area contributed by atoms with Gasteiger partial charge in [-0.2, -0.15) is 17.6 Å². The lowest BCUT2D eigenvalue weighted by Gasteiger charge is -2.24. The zero-order valence-electron chi connectivity index (χ0n) is 5.52. The van der Waals surface area contributed by atoms with Crippen LogP contribution >= 0.6 is 23.2 Å². The lowest BCUT2D eigenvalue weighted by atomic mass is 10.2. The normalized spacial score (nSPS) is 36.9. The summed E-state index contributed by atoms with van der Waals surface area (Å²) in [4.78, 5) is 0. The van der Waals surface area contributed by atoms with Crippen molar-refractivity contribution in [3.05, 3.63) is 10.9 Å². The maximum atomic E-state index is 12.5. The molecular formula is C5Cl2F6. The topological polar surface area (TPSA) is 0 Å². The minimum absolute atomic E-state index is 2.20. The maximum absolute atomic E-state index is 12.5. The quantitative estimate of drug-likeness (QED) is 0.451. The van der Waals surface area contributed by atoms with Crippen molar-refractivity contribution in [3.8, 4) is 0 Å². The summed E-state index contributed by atoms with van der Waals surface area (Å²) in [7, 11) is 0. The molecule has 0 radical (unpaired) electrons. The minimum atomic E-state index is -5.39. The second kappa shape index (κ2) is 2.48. The van der Waals surface area contributed by atoms with E-state index in [1.54, 1.807) is 0 Å². The molecule has 76 valence electrons. The Morgan fingerprint density at radius 3 is 1.46 bits per heavy atom. The molecule has 1 aliphatic rings. The first-order valence-corrected chi connectivity index (χ1v) is 3.52. The van der Waals surface area contributed by atoms with E-state index in [1.165, 1.54) is 0 Å². The summed E-state index contributed by atoms with van der Waals surface area (Å²) in [6, 6.07) is 0. The molecule has 0 aromatic carbocycles. The molecule has 0 saturated heterocycles. The Morgan fingerprint density at radius 2 is 1.38 bits per heavy atom. The van der Waals surface area contributed by atoms with Crippen LogP contribution in [0.1, 0.15) is 0 Å².